The predicted octanol–water partition coefficient (Wildman–Crippen LogP) is 1.96. The lowest BCUT2D eigenvalue weighted by Gasteiger charge is -2.34. The van der Waals surface area contributed by atoms with Crippen molar-refractivity contribution in [3.05, 3.63) is 63.7 Å². The molecule has 0 saturated carbocycles. The van der Waals surface area contributed by atoms with Crippen molar-refractivity contribution in [2.45, 2.75) is 0 Å². The second-order valence-corrected chi connectivity index (χ2v) is 7.18. The monoisotopic (exact) mass is 382 g/mol. The van der Waals surface area contributed by atoms with Crippen LogP contribution in [0.2, 0.25) is 0 Å². The van der Waals surface area contributed by atoms with Crippen molar-refractivity contribution in [1.82, 2.24) is 14.5 Å². The third-order valence-corrected chi connectivity index (χ3v) is 5.43. The zero-order valence-electron chi connectivity index (χ0n) is 15.1. The van der Waals surface area contributed by atoms with Crippen molar-refractivity contribution in [2.24, 2.45) is 0 Å². The van der Waals surface area contributed by atoms with E-state index in [9.17, 15) is 18.4 Å². The molecular weight excluding hydrogens is 366 g/mol. The number of hydrogen-bond donors (Lipinski definition) is 0. The molecule has 6 nitrogen and oxygen atoms in total. The fourth-order valence-electron chi connectivity index (χ4n) is 3.87. The molecule has 1 aromatic heterocycles. The molecule has 3 heterocycles. The van der Waals surface area contributed by atoms with E-state index in [0.29, 0.717) is 18.8 Å². The highest BCUT2D eigenvalue weighted by Gasteiger charge is 2.31. The number of likely N-dealkylation sites (N-methyl/N-ethyl adjacent to an activating group) is 1. The molecule has 0 amide bonds. The van der Waals surface area contributed by atoms with Crippen molar-refractivity contribution in [3.63, 3.8) is 0 Å². The summed E-state index contributed by atoms with van der Waals surface area (Å²) in [6.07, 6.45) is 0. The molecule has 2 aliphatic heterocycles. The van der Waals surface area contributed by atoms with Crippen molar-refractivity contribution < 1.29 is 13.6 Å². The average Bonchev–Trinajstić information content (AvgIpc) is 2.95. The number of nitrogens with zero attached hydrogens (tertiary/aromatic N) is 4. The number of ketones is 1. The maximum atomic E-state index is 14.8. The molecule has 0 N–H and O–H groups in total. The molecule has 8 heteroatoms. The lowest BCUT2D eigenvalue weighted by atomic mass is 10.1. The van der Waals surface area contributed by atoms with Crippen LogP contribution < -0.4 is 10.5 Å². The van der Waals surface area contributed by atoms with Crippen LogP contribution in [0.5, 0.6) is 0 Å². The first-order chi connectivity index (χ1) is 13.4. The normalized spacial score (nSPS) is 16.5. The lowest BCUT2D eigenvalue weighted by Crippen LogP contribution is -2.44. The third-order valence-electron chi connectivity index (χ3n) is 5.43. The van der Waals surface area contributed by atoms with Gasteiger partial charge in [-0.1, -0.05) is 0 Å². The summed E-state index contributed by atoms with van der Waals surface area (Å²) < 4.78 is 29.5. The summed E-state index contributed by atoms with van der Waals surface area (Å²) in [5.41, 5.74) is 0.436. The summed E-state index contributed by atoms with van der Waals surface area (Å²) in [6.45, 7) is 2.92. The molecule has 28 heavy (non-hydrogen) atoms. The van der Waals surface area contributed by atoms with Gasteiger partial charge in [0.2, 0.25) is 5.78 Å². The number of carbonyl (C=O) groups excluding carboxylic acids is 1. The molecule has 5 rings (SSSR count). The van der Waals surface area contributed by atoms with E-state index < -0.39 is 23.0 Å². The third kappa shape index (κ3) is 2.37. The first-order valence-corrected chi connectivity index (χ1v) is 8.98. The summed E-state index contributed by atoms with van der Waals surface area (Å²) >= 11 is 0. The van der Waals surface area contributed by atoms with Gasteiger partial charge in [-0.05, 0) is 37.4 Å². The number of halogens is 2. The summed E-state index contributed by atoms with van der Waals surface area (Å²) in [5, 5.41) is 0.0871. The minimum Gasteiger partial charge on any atom is -0.367 e. The second kappa shape index (κ2) is 5.93. The average molecular weight is 382 g/mol. The summed E-state index contributed by atoms with van der Waals surface area (Å²) in [5.74, 6) is -1.66. The summed E-state index contributed by atoms with van der Waals surface area (Å²) in [6, 6.07) is 6.33. The number of hydrogen-bond acceptors (Lipinski definition) is 5. The predicted molar refractivity (Wildman–Crippen MR) is 100 cm³/mol. The number of anilines is 1. The van der Waals surface area contributed by atoms with Crippen LogP contribution >= 0.6 is 0 Å². The van der Waals surface area contributed by atoms with E-state index in [1.165, 1.54) is 24.3 Å². The van der Waals surface area contributed by atoms with E-state index in [0.717, 1.165) is 23.7 Å². The van der Waals surface area contributed by atoms with Gasteiger partial charge >= 0.3 is 0 Å². The Kier molecular flexibility index (Phi) is 3.60. The first-order valence-electron chi connectivity index (χ1n) is 8.98. The van der Waals surface area contributed by atoms with Crippen LogP contribution in [0.25, 0.3) is 16.6 Å². The van der Waals surface area contributed by atoms with E-state index in [2.05, 4.69) is 9.88 Å². The Hall–Kier alpha value is -3.13. The molecule has 2 aliphatic rings. The van der Waals surface area contributed by atoms with Crippen LogP contribution in [0.4, 0.5) is 14.5 Å². The van der Waals surface area contributed by atoms with Crippen LogP contribution in [0.1, 0.15) is 16.2 Å². The topological polar surface area (TPSA) is 58.4 Å². The van der Waals surface area contributed by atoms with E-state index in [-0.39, 0.29) is 28.0 Å². The van der Waals surface area contributed by atoms with Gasteiger partial charge in [-0.3, -0.25) is 14.2 Å². The molecule has 1 fully saturated rings. The summed E-state index contributed by atoms with van der Waals surface area (Å²) in [4.78, 5) is 34.0. The van der Waals surface area contributed by atoms with E-state index in [1.54, 1.807) is 0 Å². The quantitative estimate of drug-likeness (QED) is 0.504. The maximum Gasteiger partial charge on any atom is 0.266 e. The Labute approximate surface area is 158 Å². The van der Waals surface area contributed by atoms with E-state index >= 15 is 0 Å². The Morgan fingerprint density at radius 3 is 2.46 bits per heavy atom. The molecule has 0 spiro atoms. The first kappa shape index (κ1) is 17.0. The Morgan fingerprint density at radius 2 is 1.71 bits per heavy atom. The Balaban J connectivity index is 1.70. The number of carbonyl (C=O) groups is 1. The number of rotatable bonds is 1. The highest BCUT2D eigenvalue weighted by Crippen LogP contribution is 2.29. The summed E-state index contributed by atoms with van der Waals surface area (Å²) in [7, 11) is 2.01. The van der Waals surface area contributed by atoms with Crippen LogP contribution in [0.15, 0.2) is 35.1 Å². The zero-order chi connectivity index (χ0) is 19.6. The van der Waals surface area contributed by atoms with Crippen LogP contribution in [0, 0.1) is 11.6 Å². The Morgan fingerprint density at radius 1 is 0.964 bits per heavy atom. The number of benzene rings is 2. The van der Waals surface area contributed by atoms with Gasteiger partial charge < -0.3 is 9.80 Å². The SMILES string of the molecule is CN1CCN(c2cc3nc4n(c(=O)c3cc2F)-c2ccc(F)cc2C4=O)CC1. The lowest BCUT2D eigenvalue weighted by molar-refractivity contribution is 0.103. The van der Waals surface area contributed by atoms with Gasteiger partial charge in [0.1, 0.15) is 11.6 Å². The molecule has 3 aromatic rings. The van der Waals surface area contributed by atoms with Gasteiger partial charge in [0.25, 0.3) is 5.56 Å². The van der Waals surface area contributed by atoms with E-state index in [4.69, 9.17) is 0 Å². The molecular formula is C20H16F2N4O2. The minimum atomic E-state index is -0.569. The molecule has 2 aromatic carbocycles. The van der Waals surface area contributed by atoms with Gasteiger partial charge in [-0.25, -0.2) is 13.8 Å². The molecule has 0 aliphatic carbocycles. The van der Waals surface area contributed by atoms with Crippen molar-refractivity contribution in [3.8, 4) is 5.69 Å². The highest BCUT2D eigenvalue weighted by atomic mass is 19.1. The zero-order valence-corrected chi connectivity index (χ0v) is 15.1. The van der Waals surface area contributed by atoms with Crippen molar-refractivity contribution in [2.75, 3.05) is 38.1 Å². The Bertz CT molecular complexity index is 1210. The number of aromatic nitrogens is 2. The van der Waals surface area contributed by atoms with Crippen LogP contribution in [-0.4, -0.2) is 53.5 Å². The molecule has 0 radical (unpaired) electrons. The van der Waals surface area contributed by atoms with Gasteiger partial charge in [-0.15, -0.1) is 0 Å². The molecule has 142 valence electrons. The van der Waals surface area contributed by atoms with Gasteiger partial charge in [0.15, 0.2) is 5.82 Å². The van der Waals surface area contributed by atoms with Gasteiger partial charge in [-0.2, -0.15) is 0 Å². The molecule has 0 bridgehead atoms. The number of piperazine rings is 1. The van der Waals surface area contributed by atoms with Crippen LogP contribution in [-0.2, 0) is 0 Å². The molecule has 0 unspecified atom stereocenters. The maximum absolute atomic E-state index is 14.8. The van der Waals surface area contributed by atoms with Crippen molar-refractivity contribution in [1.29, 1.82) is 0 Å². The number of fused-ring (bicyclic) bond motifs is 4. The second-order valence-electron chi connectivity index (χ2n) is 7.18. The highest BCUT2D eigenvalue weighted by molar-refractivity contribution is 6.13. The van der Waals surface area contributed by atoms with Gasteiger partial charge in [0.05, 0.1) is 27.8 Å². The van der Waals surface area contributed by atoms with Crippen molar-refractivity contribution >= 4 is 22.4 Å². The van der Waals surface area contributed by atoms with E-state index in [1.807, 2.05) is 11.9 Å². The fraction of sp³-hybridized carbons (Fsp3) is 0.250. The minimum absolute atomic E-state index is 0.0750. The molecule has 1 saturated heterocycles. The fourth-order valence-corrected chi connectivity index (χ4v) is 3.87. The van der Waals surface area contributed by atoms with Gasteiger partial charge in [0, 0.05) is 26.2 Å². The van der Waals surface area contributed by atoms with Crippen LogP contribution in [0.3, 0.4) is 0 Å². The largest absolute Gasteiger partial charge is 0.367 e. The standard InChI is InChI=1S/C20H16F2N4O2/c1-24-4-6-25(7-5-24)17-10-15-12(9-14(17)22)20(28)26-16-3-2-11(21)8-13(16)18(27)19(26)23-15/h2-3,8-10H,4-7H2,1H3. The smallest absolute Gasteiger partial charge is 0.266 e. The molecule has 0 atom stereocenters.